The summed E-state index contributed by atoms with van der Waals surface area (Å²) >= 11 is 0. The number of hydrazine groups is 1. The van der Waals surface area contributed by atoms with Crippen LogP contribution in [0.5, 0.6) is 5.75 Å². The standard InChI is InChI=1S/C22H29N5O6/c23-14(11-25-6-8-32-9-7-25)10-15(28)13-33-19-3-1-2-16-17(19)12-26(21(16)30)18-4-5-20(29)27(24)22(18)31/h1-3,10,14,18,28H,4-9,11-13,23-24H2/b15-10-. The minimum Gasteiger partial charge on any atom is -0.509 e. The van der Waals surface area contributed by atoms with Crippen LogP contribution in [0.15, 0.2) is 30.0 Å². The average molecular weight is 460 g/mol. The Morgan fingerprint density at radius 1 is 1.27 bits per heavy atom. The van der Waals surface area contributed by atoms with E-state index in [9.17, 15) is 19.5 Å². The van der Waals surface area contributed by atoms with E-state index in [2.05, 4.69) is 4.90 Å². The van der Waals surface area contributed by atoms with Crippen molar-refractivity contribution in [3.05, 3.63) is 41.2 Å². The quantitative estimate of drug-likeness (QED) is 0.212. The minimum atomic E-state index is -0.799. The highest BCUT2D eigenvalue weighted by Crippen LogP contribution is 2.34. The van der Waals surface area contributed by atoms with Crippen molar-refractivity contribution >= 4 is 17.7 Å². The van der Waals surface area contributed by atoms with Crippen LogP contribution in [0.1, 0.15) is 28.8 Å². The first kappa shape index (κ1) is 23.2. The van der Waals surface area contributed by atoms with Crippen LogP contribution in [0, 0.1) is 0 Å². The van der Waals surface area contributed by atoms with Crippen molar-refractivity contribution in [1.82, 2.24) is 14.8 Å². The van der Waals surface area contributed by atoms with Gasteiger partial charge in [-0.25, -0.2) is 10.9 Å². The predicted molar refractivity (Wildman–Crippen MR) is 117 cm³/mol. The number of rotatable bonds is 7. The summed E-state index contributed by atoms with van der Waals surface area (Å²) < 4.78 is 11.1. The van der Waals surface area contributed by atoms with E-state index in [4.69, 9.17) is 21.1 Å². The third kappa shape index (κ3) is 5.01. The Labute approximate surface area is 191 Å². The number of carbonyl (C=O) groups is 3. The zero-order valence-electron chi connectivity index (χ0n) is 18.3. The lowest BCUT2D eigenvalue weighted by Crippen LogP contribution is -2.57. The average Bonchev–Trinajstić information content (AvgIpc) is 3.13. The number of hydrogen-bond donors (Lipinski definition) is 3. The third-order valence-corrected chi connectivity index (χ3v) is 6.11. The van der Waals surface area contributed by atoms with Crippen LogP contribution in [-0.4, -0.2) is 89.2 Å². The molecule has 3 aliphatic rings. The highest BCUT2D eigenvalue weighted by atomic mass is 16.5. The SMILES string of the molecule is NC(/C=C(\O)COc1cccc2c1CN(C1CCC(=O)N(N)C1=O)C2=O)CN1CCOCC1. The fourth-order valence-electron chi connectivity index (χ4n) is 4.37. The van der Waals surface area contributed by atoms with Crippen molar-refractivity contribution in [3.63, 3.8) is 0 Å². The molecule has 33 heavy (non-hydrogen) atoms. The fourth-order valence-corrected chi connectivity index (χ4v) is 4.37. The Bertz CT molecular complexity index is 961. The molecule has 0 spiro atoms. The smallest absolute Gasteiger partial charge is 0.266 e. The highest BCUT2D eigenvalue weighted by molar-refractivity contribution is 6.05. The van der Waals surface area contributed by atoms with Gasteiger partial charge in [0.15, 0.2) is 0 Å². The van der Waals surface area contributed by atoms with E-state index >= 15 is 0 Å². The van der Waals surface area contributed by atoms with E-state index in [0.717, 1.165) is 13.1 Å². The first-order chi connectivity index (χ1) is 15.8. The number of aliphatic hydroxyl groups excluding tert-OH is 1. The van der Waals surface area contributed by atoms with E-state index in [1.54, 1.807) is 24.3 Å². The van der Waals surface area contributed by atoms with Crippen molar-refractivity contribution in [2.45, 2.75) is 31.5 Å². The molecule has 11 nitrogen and oxygen atoms in total. The summed E-state index contributed by atoms with van der Waals surface area (Å²) in [5, 5.41) is 10.9. The molecule has 11 heteroatoms. The molecule has 0 bridgehead atoms. The summed E-state index contributed by atoms with van der Waals surface area (Å²) in [5.41, 5.74) is 7.17. The van der Waals surface area contributed by atoms with Gasteiger partial charge in [-0.3, -0.25) is 19.3 Å². The Kier molecular flexibility index (Phi) is 6.94. The lowest BCUT2D eigenvalue weighted by atomic mass is 10.0. The van der Waals surface area contributed by atoms with Crippen LogP contribution in [0.4, 0.5) is 0 Å². The summed E-state index contributed by atoms with van der Waals surface area (Å²) in [6.45, 7) is 3.61. The van der Waals surface area contributed by atoms with E-state index in [1.807, 2.05) is 0 Å². The summed E-state index contributed by atoms with van der Waals surface area (Å²) in [5.74, 6) is 4.62. The van der Waals surface area contributed by atoms with Gasteiger partial charge < -0.3 is 25.2 Å². The predicted octanol–water partition coefficient (Wildman–Crippen LogP) is -0.486. The van der Waals surface area contributed by atoms with Crippen LogP contribution in [0.25, 0.3) is 0 Å². The Hall–Kier alpha value is -2.99. The molecule has 4 rings (SSSR count). The second-order valence-electron chi connectivity index (χ2n) is 8.40. The molecule has 3 aliphatic heterocycles. The third-order valence-electron chi connectivity index (χ3n) is 6.11. The van der Waals surface area contributed by atoms with Gasteiger partial charge in [-0.2, -0.15) is 0 Å². The molecule has 2 atom stereocenters. The molecule has 3 heterocycles. The Morgan fingerprint density at radius 2 is 2.03 bits per heavy atom. The molecule has 3 amide bonds. The maximum atomic E-state index is 12.9. The summed E-state index contributed by atoms with van der Waals surface area (Å²) in [6, 6.07) is 3.90. The second-order valence-corrected chi connectivity index (χ2v) is 8.40. The number of ether oxygens (including phenoxy) is 2. The van der Waals surface area contributed by atoms with Gasteiger partial charge in [0.1, 0.15) is 24.2 Å². The molecule has 0 saturated carbocycles. The summed E-state index contributed by atoms with van der Waals surface area (Å²) in [6.07, 6.45) is 1.88. The minimum absolute atomic E-state index is 0.00529. The van der Waals surface area contributed by atoms with Gasteiger partial charge in [0.05, 0.1) is 19.8 Å². The molecule has 0 radical (unpaired) electrons. The molecule has 2 fully saturated rings. The molecule has 1 aromatic rings. The molecule has 178 valence electrons. The maximum Gasteiger partial charge on any atom is 0.266 e. The zero-order valence-corrected chi connectivity index (χ0v) is 18.3. The van der Waals surface area contributed by atoms with Crippen molar-refractivity contribution in [3.8, 4) is 5.75 Å². The summed E-state index contributed by atoms with van der Waals surface area (Å²) in [4.78, 5) is 40.7. The molecular formula is C22H29N5O6. The highest BCUT2D eigenvalue weighted by Gasteiger charge is 2.42. The van der Waals surface area contributed by atoms with Gasteiger partial charge in [-0.1, -0.05) is 6.07 Å². The molecule has 0 aliphatic carbocycles. The molecule has 1 aromatic carbocycles. The van der Waals surface area contributed by atoms with Gasteiger partial charge >= 0.3 is 0 Å². The number of nitrogens with zero attached hydrogens (tertiary/aromatic N) is 3. The summed E-state index contributed by atoms with van der Waals surface area (Å²) in [7, 11) is 0. The van der Waals surface area contributed by atoms with Crippen molar-refractivity contribution in [2.24, 2.45) is 11.6 Å². The van der Waals surface area contributed by atoms with Gasteiger partial charge in [-0.05, 0) is 24.6 Å². The lowest BCUT2D eigenvalue weighted by Gasteiger charge is -2.33. The molecule has 5 N–H and O–H groups in total. The van der Waals surface area contributed by atoms with Crippen LogP contribution in [0.3, 0.4) is 0 Å². The number of fused-ring (bicyclic) bond motifs is 1. The Balaban J connectivity index is 1.39. The van der Waals surface area contributed by atoms with Crippen molar-refractivity contribution in [1.29, 1.82) is 0 Å². The monoisotopic (exact) mass is 459 g/mol. The fraction of sp³-hybridized carbons (Fsp3) is 0.500. The number of nitrogens with two attached hydrogens (primary N) is 2. The van der Waals surface area contributed by atoms with E-state index in [0.29, 0.717) is 41.6 Å². The van der Waals surface area contributed by atoms with E-state index < -0.39 is 17.9 Å². The topological polar surface area (TPSA) is 152 Å². The molecular weight excluding hydrogens is 430 g/mol. The molecule has 2 saturated heterocycles. The zero-order chi connectivity index (χ0) is 23.5. The largest absolute Gasteiger partial charge is 0.509 e. The van der Waals surface area contributed by atoms with E-state index in [1.165, 1.54) is 4.90 Å². The van der Waals surface area contributed by atoms with Crippen LogP contribution < -0.4 is 16.3 Å². The van der Waals surface area contributed by atoms with Crippen LogP contribution in [-0.2, 0) is 20.9 Å². The van der Waals surface area contributed by atoms with E-state index in [-0.39, 0.29) is 43.7 Å². The van der Waals surface area contributed by atoms with Gasteiger partial charge in [0.25, 0.3) is 11.8 Å². The number of aliphatic hydroxyl groups is 1. The number of piperidine rings is 1. The second kappa shape index (κ2) is 9.87. The van der Waals surface area contributed by atoms with Crippen LogP contribution >= 0.6 is 0 Å². The normalized spacial score (nSPS) is 23.2. The van der Waals surface area contributed by atoms with Gasteiger partial charge in [0, 0.05) is 43.2 Å². The van der Waals surface area contributed by atoms with Gasteiger partial charge in [-0.15, -0.1) is 0 Å². The number of imide groups is 1. The Morgan fingerprint density at radius 3 is 2.79 bits per heavy atom. The van der Waals surface area contributed by atoms with Crippen LogP contribution in [0.2, 0.25) is 0 Å². The van der Waals surface area contributed by atoms with Gasteiger partial charge in [0.2, 0.25) is 5.91 Å². The number of benzene rings is 1. The molecule has 0 aromatic heterocycles. The number of carbonyl (C=O) groups excluding carboxylic acids is 3. The lowest BCUT2D eigenvalue weighted by molar-refractivity contribution is -0.152. The molecule has 2 unspecified atom stereocenters. The number of morpholine rings is 1. The first-order valence-corrected chi connectivity index (χ1v) is 11.0. The number of hydrogen-bond acceptors (Lipinski definition) is 9. The van der Waals surface area contributed by atoms with Crippen molar-refractivity contribution in [2.75, 3.05) is 39.5 Å². The van der Waals surface area contributed by atoms with Crippen molar-refractivity contribution < 1.29 is 29.0 Å². The maximum absolute atomic E-state index is 12.9. The number of amides is 3. The first-order valence-electron chi connectivity index (χ1n) is 11.0.